The molecule has 1 aromatic carbocycles. The van der Waals surface area contributed by atoms with Crippen molar-refractivity contribution in [3.8, 4) is 5.75 Å². The van der Waals surface area contributed by atoms with Gasteiger partial charge >= 0.3 is 0 Å². The van der Waals surface area contributed by atoms with E-state index in [4.69, 9.17) is 22.7 Å². The third-order valence-electron chi connectivity index (χ3n) is 3.08. The average Bonchev–Trinajstić information content (AvgIpc) is 2.23. The molecule has 2 N–H and O–H groups in total. The van der Waals surface area contributed by atoms with Crippen LogP contribution in [0.5, 0.6) is 5.75 Å². The van der Waals surface area contributed by atoms with Crippen molar-refractivity contribution in [2.45, 2.75) is 40.5 Å². The second kappa shape index (κ2) is 6.19. The van der Waals surface area contributed by atoms with Crippen molar-refractivity contribution in [1.29, 1.82) is 0 Å². The maximum Gasteiger partial charge on any atom is 0.119 e. The lowest BCUT2D eigenvalue weighted by Gasteiger charge is -2.22. The summed E-state index contributed by atoms with van der Waals surface area (Å²) in [5.74, 6) is 0.945. The van der Waals surface area contributed by atoms with Gasteiger partial charge in [-0.05, 0) is 49.9 Å². The van der Waals surface area contributed by atoms with E-state index >= 15 is 0 Å². The molecule has 18 heavy (non-hydrogen) atoms. The van der Waals surface area contributed by atoms with Crippen LogP contribution < -0.4 is 10.5 Å². The molecule has 0 aliphatic carbocycles. The van der Waals surface area contributed by atoms with Gasteiger partial charge < -0.3 is 10.5 Å². The first-order valence-electron chi connectivity index (χ1n) is 6.32. The second-order valence-electron chi connectivity index (χ2n) is 5.52. The summed E-state index contributed by atoms with van der Waals surface area (Å²) in [6.45, 7) is 9.01. The fraction of sp³-hybridized carbons (Fsp3) is 0.533. The predicted molar refractivity (Wildman–Crippen MR) is 81.2 cm³/mol. The van der Waals surface area contributed by atoms with E-state index in [2.05, 4.69) is 45.9 Å². The molecular weight excluding hydrogens is 242 g/mol. The van der Waals surface area contributed by atoms with Gasteiger partial charge in [-0.3, -0.25) is 0 Å². The Bertz CT molecular complexity index is 406. The van der Waals surface area contributed by atoms with Crippen molar-refractivity contribution in [2.24, 2.45) is 11.1 Å². The Kier molecular flexibility index (Phi) is 5.15. The van der Waals surface area contributed by atoms with Gasteiger partial charge in [0.15, 0.2) is 0 Å². The van der Waals surface area contributed by atoms with Crippen LogP contribution in [0.15, 0.2) is 18.2 Å². The monoisotopic (exact) mass is 265 g/mol. The standard InChI is InChI=1S/C15H23NOS/c1-11-8-12(2)10-13(9-11)17-7-5-6-15(3,4)14(16)18/h8-10H,5-7H2,1-4H3,(H2,16,18). The molecule has 0 radical (unpaired) electrons. The molecule has 0 saturated heterocycles. The Hall–Kier alpha value is -1.09. The third kappa shape index (κ3) is 4.65. The maximum absolute atomic E-state index is 5.76. The fourth-order valence-electron chi connectivity index (χ4n) is 1.84. The van der Waals surface area contributed by atoms with Crippen LogP contribution >= 0.6 is 12.2 Å². The predicted octanol–water partition coefficient (Wildman–Crippen LogP) is 3.77. The summed E-state index contributed by atoms with van der Waals surface area (Å²) in [6.07, 6.45) is 1.91. The zero-order chi connectivity index (χ0) is 13.8. The molecule has 0 aromatic heterocycles. The smallest absolute Gasteiger partial charge is 0.119 e. The zero-order valence-electron chi connectivity index (χ0n) is 11.7. The number of ether oxygens (including phenoxy) is 1. The summed E-state index contributed by atoms with van der Waals surface area (Å²) in [4.78, 5) is 0.578. The van der Waals surface area contributed by atoms with Crippen LogP contribution in [-0.4, -0.2) is 11.6 Å². The van der Waals surface area contributed by atoms with Gasteiger partial charge in [-0.2, -0.15) is 0 Å². The van der Waals surface area contributed by atoms with Crippen molar-refractivity contribution in [2.75, 3.05) is 6.61 Å². The minimum atomic E-state index is -0.0821. The van der Waals surface area contributed by atoms with E-state index in [0.29, 0.717) is 11.6 Å². The Morgan fingerprint density at radius 1 is 1.22 bits per heavy atom. The molecule has 0 spiro atoms. The molecule has 0 unspecified atom stereocenters. The summed E-state index contributed by atoms with van der Waals surface area (Å²) in [6, 6.07) is 6.26. The Labute approximate surface area is 116 Å². The lowest BCUT2D eigenvalue weighted by molar-refractivity contribution is 0.287. The molecule has 0 aliphatic heterocycles. The van der Waals surface area contributed by atoms with Crippen molar-refractivity contribution in [3.05, 3.63) is 29.3 Å². The fourth-order valence-corrected chi connectivity index (χ4v) is 1.95. The number of rotatable bonds is 6. The normalized spacial score (nSPS) is 11.3. The summed E-state index contributed by atoms with van der Waals surface area (Å²) in [5, 5.41) is 0. The van der Waals surface area contributed by atoms with E-state index in [1.165, 1.54) is 11.1 Å². The van der Waals surface area contributed by atoms with Gasteiger partial charge in [0.25, 0.3) is 0 Å². The molecule has 0 saturated carbocycles. The summed E-state index contributed by atoms with van der Waals surface area (Å²) >= 11 is 5.05. The first-order valence-corrected chi connectivity index (χ1v) is 6.73. The molecule has 0 fully saturated rings. The van der Waals surface area contributed by atoms with E-state index < -0.39 is 0 Å². The van der Waals surface area contributed by atoms with Gasteiger partial charge in [0.1, 0.15) is 5.75 Å². The second-order valence-corrected chi connectivity index (χ2v) is 5.96. The Balaban J connectivity index is 2.40. The number of hydrogen-bond acceptors (Lipinski definition) is 2. The van der Waals surface area contributed by atoms with E-state index in [1.54, 1.807) is 0 Å². The number of nitrogens with two attached hydrogens (primary N) is 1. The molecular formula is C15H23NOS. The van der Waals surface area contributed by atoms with Crippen LogP contribution in [0.3, 0.4) is 0 Å². The zero-order valence-corrected chi connectivity index (χ0v) is 12.6. The third-order valence-corrected chi connectivity index (χ3v) is 3.63. The largest absolute Gasteiger partial charge is 0.494 e. The highest BCUT2D eigenvalue weighted by Gasteiger charge is 2.20. The molecule has 0 bridgehead atoms. The lowest BCUT2D eigenvalue weighted by atomic mass is 9.88. The first-order chi connectivity index (χ1) is 8.31. The minimum Gasteiger partial charge on any atom is -0.494 e. The molecule has 0 amide bonds. The number of benzene rings is 1. The molecule has 1 aromatic rings. The highest BCUT2D eigenvalue weighted by atomic mass is 32.1. The molecule has 1 rings (SSSR count). The van der Waals surface area contributed by atoms with Crippen molar-refractivity contribution in [3.63, 3.8) is 0 Å². The molecule has 100 valence electrons. The van der Waals surface area contributed by atoms with E-state index in [-0.39, 0.29) is 5.41 Å². The van der Waals surface area contributed by atoms with E-state index in [0.717, 1.165) is 18.6 Å². The maximum atomic E-state index is 5.76. The number of thiocarbonyl (C=S) groups is 1. The van der Waals surface area contributed by atoms with Crippen LogP contribution in [0.2, 0.25) is 0 Å². The van der Waals surface area contributed by atoms with Crippen LogP contribution in [0.25, 0.3) is 0 Å². The van der Waals surface area contributed by atoms with Gasteiger partial charge in [0.05, 0.1) is 11.6 Å². The first kappa shape index (κ1) is 15.0. The van der Waals surface area contributed by atoms with Crippen LogP contribution in [0.4, 0.5) is 0 Å². The minimum absolute atomic E-state index is 0.0821. The van der Waals surface area contributed by atoms with Crippen molar-refractivity contribution in [1.82, 2.24) is 0 Å². The average molecular weight is 265 g/mol. The van der Waals surface area contributed by atoms with Gasteiger partial charge in [-0.25, -0.2) is 0 Å². The molecule has 0 atom stereocenters. The van der Waals surface area contributed by atoms with Gasteiger partial charge in [-0.1, -0.05) is 32.1 Å². The van der Waals surface area contributed by atoms with Crippen LogP contribution in [0.1, 0.15) is 37.8 Å². The topological polar surface area (TPSA) is 35.2 Å². The quantitative estimate of drug-likeness (QED) is 0.628. The highest BCUT2D eigenvalue weighted by molar-refractivity contribution is 7.80. The van der Waals surface area contributed by atoms with Gasteiger partial charge in [-0.15, -0.1) is 0 Å². The highest BCUT2D eigenvalue weighted by Crippen LogP contribution is 2.23. The number of aryl methyl sites for hydroxylation is 2. The molecule has 2 nitrogen and oxygen atoms in total. The Morgan fingerprint density at radius 3 is 2.28 bits per heavy atom. The SMILES string of the molecule is Cc1cc(C)cc(OCCCC(C)(C)C(N)=S)c1. The summed E-state index contributed by atoms with van der Waals surface area (Å²) in [7, 11) is 0. The molecule has 0 heterocycles. The molecule has 3 heteroatoms. The summed E-state index contributed by atoms with van der Waals surface area (Å²) in [5.41, 5.74) is 8.07. The molecule has 0 aliphatic rings. The van der Waals surface area contributed by atoms with Gasteiger partial charge in [0.2, 0.25) is 0 Å². The Morgan fingerprint density at radius 2 is 1.78 bits per heavy atom. The summed E-state index contributed by atoms with van der Waals surface area (Å²) < 4.78 is 5.76. The number of hydrogen-bond donors (Lipinski definition) is 1. The van der Waals surface area contributed by atoms with Crippen LogP contribution in [0, 0.1) is 19.3 Å². The van der Waals surface area contributed by atoms with Crippen LogP contribution in [-0.2, 0) is 0 Å². The van der Waals surface area contributed by atoms with Crippen molar-refractivity contribution >= 4 is 17.2 Å². The van der Waals surface area contributed by atoms with Crippen molar-refractivity contribution < 1.29 is 4.74 Å². The lowest BCUT2D eigenvalue weighted by Crippen LogP contribution is -2.30. The van der Waals surface area contributed by atoms with E-state index in [9.17, 15) is 0 Å². The van der Waals surface area contributed by atoms with Gasteiger partial charge in [0, 0.05) is 5.41 Å². The van der Waals surface area contributed by atoms with E-state index in [1.807, 2.05) is 0 Å².